The van der Waals surface area contributed by atoms with Crippen molar-refractivity contribution in [2.75, 3.05) is 6.54 Å². The Kier molecular flexibility index (Phi) is 3.68. The Bertz CT molecular complexity index is 583. The van der Waals surface area contributed by atoms with Crippen molar-refractivity contribution in [2.24, 2.45) is 5.73 Å². The number of nitro groups is 1. The van der Waals surface area contributed by atoms with Crippen LogP contribution in [0.3, 0.4) is 0 Å². The van der Waals surface area contributed by atoms with Crippen LogP contribution in [-0.4, -0.2) is 26.0 Å². The number of rotatable bonds is 4. The van der Waals surface area contributed by atoms with Crippen molar-refractivity contribution in [1.29, 1.82) is 0 Å². The van der Waals surface area contributed by atoms with Crippen molar-refractivity contribution in [1.82, 2.24) is 14.5 Å². The molecule has 0 spiro atoms. The van der Waals surface area contributed by atoms with Gasteiger partial charge in [-0.25, -0.2) is 9.97 Å². The van der Waals surface area contributed by atoms with Crippen molar-refractivity contribution in [3.63, 3.8) is 0 Å². The molecule has 2 aromatic heterocycles. The van der Waals surface area contributed by atoms with E-state index >= 15 is 0 Å². The largest absolute Gasteiger partial charge is 0.330 e. The first kappa shape index (κ1) is 12.7. The van der Waals surface area contributed by atoms with Gasteiger partial charge < -0.3 is 5.73 Å². The molecule has 2 aromatic rings. The highest BCUT2D eigenvalue weighted by atomic mass is 79.9. The van der Waals surface area contributed by atoms with Crippen LogP contribution in [0.4, 0.5) is 5.69 Å². The highest BCUT2D eigenvalue weighted by molar-refractivity contribution is 9.10. The highest BCUT2D eigenvalue weighted by Crippen LogP contribution is 2.24. The van der Waals surface area contributed by atoms with E-state index in [4.69, 9.17) is 5.73 Å². The summed E-state index contributed by atoms with van der Waals surface area (Å²) in [6.07, 6.45) is 5.20. The van der Waals surface area contributed by atoms with Crippen LogP contribution in [-0.2, 0) is 6.42 Å². The predicted octanol–water partition coefficient (Wildman–Crippen LogP) is 1.44. The zero-order chi connectivity index (χ0) is 13.1. The van der Waals surface area contributed by atoms with Gasteiger partial charge in [0.15, 0.2) is 5.82 Å². The van der Waals surface area contributed by atoms with Gasteiger partial charge in [-0.1, -0.05) is 0 Å². The van der Waals surface area contributed by atoms with Gasteiger partial charge in [0.25, 0.3) is 5.69 Å². The number of hydrogen-bond acceptors (Lipinski definition) is 5. The number of nitrogens with zero attached hydrogens (tertiary/aromatic N) is 4. The lowest BCUT2D eigenvalue weighted by molar-refractivity contribution is -0.385. The van der Waals surface area contributed by atoms with Gasteiger partial charge >= 0.3 is 0 Å². The summed E-state index contributed by atoms with van der Waals surface area (Å²) in [5, 5.41) is 10.6. The number of halogens is 1. The Labute approximate surface area is 111 Å². The number of nitrogens with two attached hydrogens (primary N) is 1. The van der Waals surface area contributed by atoms with Gasteiger partial charge in [-0.05, 0) is 22.5 Å². The number of hydrogen-bond donors (Lipinski definition) is 1. The third-order valence-corrected chi connectivity index (χ3v) is 2.92. The molecule has 0 amide bonds. The lowest BCUT2D eigenvalue weighted by atomic mass is 10.3. The van der Waals surface area contributed by atoms with Crippen LogP contribution in [0.15, 0.2) is 29.1 Å². The normalized spacial score (nSPS) is 10.6. The first-order chi connectivity index (χ1) is 8.63. The average Bonchev–Trinajstić information content (AvgIpc) is 2.77. The summed E-state index contributed by atoms with van der Waals surface area (Å²) in [5.74, 6) is 1.32. The average molecular weight is 312 g/mol. The second kappa shape index (κ2) is 5.23. The summed E-state index contributed by atoms with van der Waals surface area (Å²) in [6, 6.07) is 1.41. The van der Waals surface area contributed by atoms with Gasteiger partial charge in [0, 0.05) is 24.9 Å². The van der Waals surface area contributed by atoms with Crippen molar-refractivity contribution in [3.8, 4) is 5.82 Å². The minimum atomic E-state index is -0.490. The van der Waals surface area contributed by atoms with Crippen LogP contribution < -0.4 is 5.73 Å². The second-order valence-electron chi connectivity index (χ2n) is 3.51. The fraction of sp³-hybridized carbons (Fsp3) is 0.200. The molecule has 0 fully saturated rings. The monoisotopic (exact) mass is 311 g/mol. The van der Waals surface area contributed by atoms with Gasteiger partial charge in [-0.3, -0.25) is 14.7 Å². The van der Waals surface area contributed by atoms with E-state index in [1.165, 1.54) is 12.3 Å². The molecular weight excluding hydrogens is 302 g/mol. The Morgan fingerprint density at radius 3 is 2.89 bits per heavy atom. The fourth-order valence-corrected chi connectivity index (χ4v) is 2.07. The molecule has 8 heteroatoms. The third-order valence-electron chi connectivity index (χ3n) is 2.33. The van der Waals surface area contributed by atoms with Crippen LogP contribution in [0.5, 0.6) is 0 Å². The van der Waals surface area contributed by atoms with E-state index in [1.54, 1.807) is 17.0 Å². The van der Waals surface area contributed by atoms with E-state index in [9.17, 15) is 10.1 Å². The predicted molar refractivity (Wildman–Crippen MR) is 68.5 cm³/mol. The molecule has 2 rings (SSSR count). The van der Waals surface area contributed by atoms with Crippen LogP contribution >= 0.6 is 15.9 Å². The first-order valence-electron chi connectivity index (χ1n) is 5.16. The Morgan fingerprint density at radius 2 is 2.28 bits per heavy atom. The number of imidazole rings is 1. The lowest BCUT2D eigenvalue weighted by Crippen LogP contribution is -2.10. The summed E-state index contributed by atoms with van der Waals surface area (Å²) >= 11 is 3.28. The number of pyridine rings is 1. The molecule has 0 aromatic carbocycles. The van der Waals surface area contributed by atoms with Crippen molar-refractivity contribution < 1.29 is 4.92 Å². The maximum absolute atomic E-state index is 10.6. The molecule has 0 aliphatic rings. The van der Waals surface area contributed by atoms with Crippen LogP contribution in [0, 0.1) is 10.1 Å². The minimum absolute atomic E-state index is 0.0638. The molecule has 18 heavy (non-hydrogen) atoms. The fourth-order valence-electron chi connectivity index (χ4n) is 1.54. The summed E-state index contributed by atoms with van der Waals surface area (Å²) in [6.45, 7) is 0.474. The van der Waals surface area contributed by atoms with E-state index in [0.717, 1.165) is 5.82 Å². The van der Waals surface area contributed by atoms with Gasteiger partial charge in [-0.15, -0.1) is 0 Å². The van der Waals surface area contributed by atoms with Gasteiger partial charge in [0.1, 0.15) is 12.0 Å². The molecule has 0 aliphatic heterocycles. The highest BCUT2D eigenvalue weighted by Gasteiger charge is 2.13. The van der Waals surface area contributed by atoms with E-state index in [1.807, 2.05) is 0 Å². The zero-order valence-corrected chi connectivity index (χ0v) is 10.9. The molecule has 0 saturated heterocycles. The summed E-state index contributed by atoms with van der Waals surface area (Å²) < 4.78 is 2.29. The maximum atomic E-state index is 10.6. The second-order valence-corrected chi connectivity index (χ2v) is 4.36. The van der Waals surface area contributed by atoms with Crippen LogP contribution in [0.1, 0.15) is 5.82 Å². The smallest absolute Gasteiger partial charge is 0.288 e. The minimum Gasteiger partial charge on any atom is -0.330 e. The van der Waals surface area contributed by atoms with E-state index in [2.05, 4.69) is 25.9 Å². The molecule has 0 unspecified atom stereocenters. The molecule has 2 heterocycles. The molecule has 0 radical (unpaired) electrons. The van der Waals surface area contributed by atoms with E-state index in [-0.39, 0.29) is 5.69 Å². The zero-order valence-electron chi connectivity index (χ0n) is 9.28. The van der Waals surface area contributed by atoms with Crippen molar-refractivity contribution in [3.05, 3.63) is 45.1 Å². The lowest BCUT2D eigenvalue weighted by Gasteiger charge is -2.07. The molecule has 2 N–H and O–H groups in total. The van der Waals surface area contributed by atoms with Crippen molar-refractivity contribution >= 4 is 21.6 Å². The van der Waals surface area contributed by atoms with Gasteiger partial charge in [0.05, 0.1) is 9.40 Å². The molecular formula is C10H10BrN5O2. The van der Waals surface area contributed by atoms with Crippen molar-refractivity contribution in [2.45, 2.75) is 6.42 Å². The Hall–Kier alpha value is -1.80. The van der Waals surface area contributed by atoms with E-state index < -0.39 is 4.92 Å². The molecule has 7 nitrogen and oxygen atoms in total. The van der Waals surface area contributed by atoms with Crippen LogP contribution in [0.2, 0.25) is 0 Å². The third kappa shape index (κ3) is 2.39. The molecule has 0 saturated carbocycles. The Balaban J connectivity index is 2.44. The summed E-state index contributed by atoms with van der Waals surface area (Å²) in [7, 11) is 0. The number of aromatic nitrogens is 3. The van der Waals surface area contributed by atoms with Gasteiger partial charge in [-0.2, -0.15) is 0 Å². The standard InChI is InChI=1S/C10H10BrN5O2/c11-8-5-7(16(17)18)6-14-10(8)15-4-3-13-9(15)1-2-12/h3-6H,1-2,12H2. The van der Waals surface area contributed by atoms with E-state index in [0.29, 0.717) is 23.3 Å². The quantitative estimate of drug-likeness (QED) is 0.680. The SMILES string of the molecule is NCCc1nccn1-c1ncc([N+](=O)[O-])cc1Br. The first-order valence-corrected chi connectivity index (χ1v) is 5.95. The summed E-state index contributed by atoms with van der Waals surface area (Å²) in [5.41, 5.74) is 5.43. The maximum Gasteiger partial charge on any atom is 0.288 e. The molecule has 0 atom stereocenters. The topological polar surface area (TPSA) is 99.9 Å². The molecule has 0 bridgehead atoms. The summed E-state index contributed by atoms with van der Waals surface area (Å²) in [4.78, 5) is 18.4. The molecule has 94 valence electrons. The Morgan fingerprint density at radius 1 is 1.50 bits per heavy atom. The van der Waals surface area contributed by atoms with Gasteiger partial charge in [0.2, 0.25) is 0 Å². The van der Waals surface area contributed by atoms with Crippen LogP contribution in [0.25, 0.3) is 5.82 Å². The molecule has 0 aliphatic carbocycles.